The molecule has 0 radical (unpaired) electrons. The molecule has 4 aromatic rings. The number of pyridine rings is 1. The van der Waals surface area contributed by atoms with Crippen LogP contribution < -0.4 is 15.8 Å². The molecule has 0 aliphatic heterocycles. The maximum atomic E-state index is 13.0. The quantitative estimate of drug-likeness (QED) is 0.400. The van der Waals surface area contributed by atoms with Gasteiger partial charge in [-0.25, -0.2) is 0 Å². The topological polar surface area (TPSA) is 77.2 Å². The van der Waals surface area contributed by atoms with Crippen molar-refractivity contribution in [2.45, 2.75) is 19.8 Å². The van der Waals surface area contributed by atoms with Crippen LogP contribution in [0, 0.1) is 6.92 Å². The lowest BCUT2D eigenvalue weighted by atomic mass is 10.0. The average Bonchev–Trinajstić information content (AvgIpc) is 2.78. The van der Waals surface area contributed by atoms with Gasteiger partial charge in [0.2, 0.25) is 0 Å². The van der Waals surface area contributed by atoms with E-state index in [2.05, 4.69) is 10.3 Å². The van der Waals surface area contributed by atoms with Gasteiger partial charge in [0.25, 0.3) is 5.91 Å². The van der Waals surface area contributed by atoms with Crippen molar-refractivity contribution in [3.8, 4) is 5.75 Å². The molecule has 156 valence electrons. The van der Waals surface area contributed by atoms with Gasteiger partial charge < -0.3 is 15.8 Å². The van der Waals surface area contributed by atoms with Crippen molar-refractivity contribution in [3.05, 3.63) is 95.7 Å². The van der Waals surface area contributed by atoms with Gasteiger partial charge >= 0.3 is 0 Å². The standard InChI is InChI=1S/C26H25N3O2/c1-18-16-24(27)23-17-20(13-14-25(23)28-18)29-26(30)22-12-6-5-8-19(22)9-7-15-31-21-10-3-2-4-11-21/h2-6,8,10-14,16-17H,7,9,15H2,1H3,(H2,27,28)(H,29,30). The summed E-state index contributed by atoms with van der Waals surface area (Å²) < 4.78 is 5.77. The number of amides is 1. The van der Waals surface area contributed by atoms with Gasteiger partial charge in [-0.1, -0.05) is 36.4 Å². The summed E-state index contributed by atoms with van der Waals surface area (Å²) >= 11 is 0. The van der Waals surface area contributed by atoms with E-state index in [1.807, 2.05) is 85.8 Å². The van der Waals surface area contributed by atoms with Crippen molar-refractivity contribution in [1.82, 2.24) is 4.98 Å². The van der Waals surface area contributed by atoms with E-state index < -0.39 is 0 Å². The fourth-order valence-corrected chi connectivity index (χ4v) is 3.60. The van der Waals surface area contributed by atoms with E-state index in [1.54, 1.807) is 0 Å². The highest BCUT2D eigenvalue weighted by Gasteiger charge is 2.12. The van der Waals surface area contributed by atoms with E-state index in [4.69, 9.17) is 10.5 Å². The second kappa shape index (κ2) is 9.30. The Morgan fingerprint density at radius 2 is 1.77 bits per heavy atom. The van der Waals surface area contributed by atoms with Gasteiger partial charge in [-0.2, -0.15) is 0 Å². The van der Waals surface area contributed by atoms with Crippen molar-refractivity contribution in [1.29, 1.82) is 0 Å². The molecule has 0 atom stereocenters. The highest BCUT2D eigenvalue weighted by molar-refractivity contribution is 6.06. The zero-order valence-electron chi connectivity index (χ0n) is 17.5. The molecule has 1 heterocycles. The average molecular weight is 412 g/mol. The van der Waals surface area contributed by atoms with Crippen LogP contribution in [-0.4, -0.2) is 17.5 Å². The highest BCUT2D eigenvalue weighted by atomic mass is 16.5. The summed E-state index contributed by atoms with van der Waals surface area (Å²) in [5, 5.41) is 3.82. The number of hydrogen-bond acceptors (Lipinski definition) is 4. The summed E-state index contributed by atoms with van der Waals surface area (Å²) in [5.74, 6) is 0.714. The lowest BCUT2D eigenvalue weighted by molar-refractivity contribution is 0.102. The summed E-state index contributed by atoms with van der Waals surface area (Å²) in [5.41, 5.74) is 10.8. The molecule has 5 nitrogen and oxygen atoms in total. The molecule has 0 fully saturated rings. The number of aryl methyl sites for hydroxylation is 2. The van der Waals surface area contributed by atoms with Crippen LogP contribution in [0.25, 0.3) is 10.9 Å². The van der Waals surface area contributed by atoms with Crippen LogP contribution in [0.2, 0.25) is 0 Å². The number of fused-ring (bicyclic) bond motifs is 1. The molecule has 5 heteroatoms. The summed E-state index contributed by atoms with van der Waals surface area (Å²) in [6, 6.07) is 24.8. The van der Waals surface area contributed by atoms with Crippen LogP contribution in [0.4, 0.5) is 11.4 Å². The van der Waals surface area contributed by atoms with E-state index in [9.17, 15) is 4.79 Å². The number of nitrogens with zero attached hydrogens (tertiary/aromatic N) is 1. The molecule has 0 bridgehead atoms. The zero-order chi connectivity index (χ0) is 21.6. The van der Waals surface area contributed by atoms with Crippen molar-refractivity contribution >= 4 is 28.2 Å². The lowest BCUT2D eigenvalue weighted by Gasteiger charge is -2.12. The van der Waals surface area contributed by atoms with Crippen LogP contribution in [-0.2, 0) is 6.42 Å². The Morgan fingerprint density at radius 1 is 1.00 bits per heavy atom. The SMILES string of the molecule is Cc1cc(N)c2cc(NC(=O)c3ccccc3CCCOc3ccccc3)ccc2n1. The Bertz CT molecular complexity index is 1210. The minimum atomic E-state index is -0.141. The normalized spacial score (nSPS) is 10.7. The van der Waals surface area contributed by atoms with Crippen LogP contribution in [0.15, 0.2) is 78.9 Å². The molecule has 1 aromatic heterocycles. The van der Waals surface area contributed by atoms with Crippen molar-refractivity contribution in [3.63, 3.8) is 0 Å². The van der Waals surface area contributed by atoms with Crippen molar-refractivity contribution in [2.75, 3.05) is 17.7 Å². The van der Waals surface area contributed by atoms with E-state index in [1.165, 1.54) is 0 Å². The first-order valence-corrected chi connectivity index (χ1v) is 10.3. The first-order valence-electron chi connectivity index (χ1n) is 10.3. The minimum absolute atomic E-state index is 0.141. The van der Waals surface area contributed by atoms with Gasteiger partial charge in [-0.05, 0) is 67.8 Å². The molecule has 0 aliphatic carbocycles. The van der Waals surface area contributed by atoms with Gasteiger partial charge in [0.05, 0.1) is 12.1 Å². The number of nitrogens with one attached hydrogen (secondary N) is 1. The number of para-hydroxylation sites is 1. The fraction of sp³-hybridized carbons (Fsp3) is 0.154. The number of nitrogens with two attached hydrogens (primary N) is 1. The third-order valence-electron chi connectivity index (χ3n) is 5.09. The van der Waals surface area contributed by atoms with Gasteiger partial charge in [0.15, 0.2) is 0 Å². The molecule has 4 rings (SSSR count). The monoisotopic (exact) mass is 411 g/mol. The number of ether oxygens (including phenoxy) is 1. The Labute approximate surface area is 181 Å². The number of carbonyl (C=O) groups is 1. The van der Waals surface area contributed by atoms with Crippen LogP contribution >= 0.6 is 0 Å². The summed E-state index contributed by atoms with van der Waals surface area (Å²) in [7, 11) is 0. The van der Waals surface area contributed by atoms with E-state index in [0.29, 0.717) is 23.5 Å². The first kappa shape index (κ1) is 20.4. The predicted octanol–water partition coefficient (Wildman–Crippen LogP) is 5.39. The van der Waals surface area contributed by atoms with Gasteiger partial charge in [-0.15, -0.1) is 0 Å². The third-order valence-corrected chi connectivity index (χ3v) is 5.09. The molecule has 0 saturated carbocycles. The minimum Gasteiger partial charge on any atom is -0.494 e. The molecular weight excluding hydrogens is 386 g/mol. The number of benzene rings is 3. The number of aromatic nitrogens is 1. The predicted molar refractivity (Wildman–Crippen MR) is 126 cm³/mol. The molecule has 3 N–H and O–H groups in total. The molecular formula is C26H25N3O2. The molecule has 3 aromatic carbocycles. The molecule has 0 spiro atoms. The maximum absolute atomic E-state index is 13.0. The van der Waals surface area contributed by atoms with Gasteiger partial charge in [0.1, 0.15) is 5.75 Å². The largest absolute Gasteiger partial charge is 0.494 e. The number of rotatable bonds is 7. The van der Waals surface area contributed by atoms with E-state index in [0.717, 1.165) is 40.8 Å². The Kier molecular flexibility index (Phi) is 6.13. The first-order chi connectivity index (χ1) is 15.1. The van der Waals surface area contributed by atoms with Crippen LogP contribution in [0.5, 0.6) is 5.75 Å². The smallest absolute Gasteiger partial charge is 0.255 e. The molecule has 0 aliphatic rings. The lowest BCUT2D eigenvalue weighted by Crippen LogP contribution is -2.14. The van der Waals surface area contributed by atoms with Crippen molar-refractivity contribution < 1.29 is 9.53 Å². The van der Waals surface area contributed by atoms with Crippen LogP contribution in [0.3, 0.4) is 0 Å². The number of hydrogen-bond donors (Lipinski definition) is 2. The van der Waals surface area contributed by atoms with Gasteiger partial charge in [-0.3, -0.25) is 9.78 Å². The summed E-state index contributed by atoms with van der Waals surface area (Å²) in [6.07, 6.45) is 1.57. The van der Waals surface area contributed by atoms with Crippen molar-refractivity contribution in [2.24, 2.45) is 0 Å². The molecule has 1 amide bonds. The van der Waals surface area contributed by atoms with Crippen LogP contribution in [0.1, 0.15) is 28.0 Å². The molecule has 0 unspecified atom stereocenters. The maximum Gasteiger partial charge on any atom is 0.255 e. The Hall–Kier alpha value is -3.86. The van der Waals surface area contributed by atoms with E-state index >= 15 is 0 Å². The Balaban J connectivity index is 1.43. The second-order valence-electron chi connectivity index (χ2n) is 7.46. The van der Waals surface area contributed by atoms with E-state index in [-0.39, 0.29) is 5.91 Å². The number of anilines is 2. The summed E-state index contributed by atoms with van der Waals surface area (Å²) in [6.45, 7) is 2.50. The zero-order valence-corrected chi connectivity index (χ0v) is 17.5. The molecule has 0 saturated heterocycles. The molecule has 31 heavy (non-hydrogen) atoms. The second-order valence-corrected chi connectivity index (χ2v) is 7.46. The highest BCUT2D eigenvalue weighted by Crippen LogP contribution is 2.24. The number of carbonyl (C=O) groups excluding carboxylic acids is 1. The summed E-state index contributed by atoms with van der Waals surface area (Å²) in [4.78, 5) is 17.5. The van der Waals surface area contributed by atoms with Gasteiger partial charge in [0, 0.05) is 28.0 Å². The third kappa shape index (κ3) is 5.01. The fourth-order valence-electron chi connectivity index (χ4n) is 3.60. The Morgan fingerprint density at radius 3 is 2.61 bits per heavy atom. The number of nitrogen functional groups attached to an aromatic ring is 1.